The maximum Gasteiger partial charge on any atom is 0.237 e. The molecule has 1 aromatic carbocycles. The standard InChI is InChI=1S/C12H15NO.C8H15NO.C5H12N2O2.CH2O/c14-10-13-8-4-7-12(13)9-11-5-2-1-3-6-11;1-2-5-8(10)9-6-3-4-7-9;1-3(8)4(7-2)5(6)9;1-2/h1-3,5-6,10,12H,4,7-9H2;2-7H2,1H3;3-4,7-8H,1-2H3,(H2,6,9);1H2. The maximum absolute atomic E-state index is 11.2. The van der Waals surface area contributed by atoms with Gasteiger partial charge in [0.2, 0.25) is 18.2 Å². The molecule has 3 amide bonds. The molecule has 0 bridgehead atoms. The van der Waals surface area contributed by atoms with Gasteiger partial charge in [-0.05, 0) is 58.1 Å². The van der Waals surface area contributed by atoms with E-state index in [1.807, 2.05) is 29.6 Å². The fraction of sp³-hybridized carbons (Fsp3) is 0.615. The molecule has 0 aliphatic carbocycles. The molecule has 4 N–H and O–H groups in total. The number of carbonyl (C=O) groups excluding carboxylic acids is 4. The molecule has 2 heterocycles. The highest BCUT2D eigenvalue weighted by molar-refractivity contribution is 5.80. The first-order valence-electron chi connectivity index (χ1n) is 12.3. The van der Waals surface area contributed by atoms with Crippen LogP contribution in [-0.4, -0.2) is 84.8 Å². The van der Waals surface area contributed by atoms with Crippen LogP contribution < -0.4 is 11.1 Å². The molecular weight excluding hydrogens is 448 g/mol. The maximum atomic E-state index is 11.2. The molecule has 198 valence electrons. The Balaban J connectivity index is 0.000000494. The van der Waals surface area contributed by atoms with E-state index < -0.39 is 18.1 Å². The summed E-state index contributed by atoms with van der Waals surface area (Å²) in [6.07, 6.45) is 7.68. The van der Waals surface area contributed by atoms with Crippen LogP contribution in [0.25, 0.3) is 0 Å². The quantitative estimate of drug-likeness (QED) is 0.471. The third-order valence-electron chi connectivity index (χ3n) is 5.89. The molecule has 2 aliphatic heterocycles. The lowest BCUT2D eigenvalue weighted by molar-refractivity contribution is -0.130. The SMILES string of the molecule is C=O.CCCC(=O)N1CCCC1.CNC(C(N)=O)C(C)O.O=CN1CCCC1Cc1ccccc1. The van der Waals surface area contributed by atoms with Crippen LogP contribution in [0.15, 0.2) is 30.3 Å². The minimum Gasteiger partial charge on any atom is -0.391 e. The lowest BCUT2D eigenvalue weighted by atomic mass is 10.0. The number of likely N-dealkylation sites (tertiary alicyclic amines) is 2. The molecule has 3 unspecified atom stereocenters. The van der Waals surface area contributed by atoms with Gasteiger partial charge in [0, 0.05) is 32.1 Å². The van der Waals surface area contributed by atoms with Crippen molar-refractivity contribution in [3.63, 3.8) is 0 Å². The summed E-state index contributed by atoms with van der Waals surface area (Å²) >= 11 is 0. The molecule has 3 rings (SSSR count). The van der Waals surface area contributed by atoms with Crippen LogP contribution in [0.3, 0.4) is 0 Å². The van der Waals surface area contributed by atoms with Gasteiger partial charge in [0.25, 0.3) is 0 Å². The van der Waals surface area contributed by atoms with Gasteiger partial charge in [0.1, 0.15) is 12.8 Å². The first-order chi connectivity index (χ1) is 16.8. The van der Waals surface area contributed by atoms with Crippen molar-refractivity contribution in [1.82, 2.24) is 15.1 Å². The van der Waals surface area contributed by atoms with Crippen molar-refractivity contribution >= 4 is 25.0 Å². The van der Waals surface area contributed by atoms with Crippen LogP contribution in [0, 0.1) is 0 Å². The van der Waals surface area contributed by atoms with Crippen molar-refractivity contribution in [2.45, 2.75) is 77.0 Å². The van der Waals surface area contributed by atoms with Crippen molar-refractivity contribution in [3.05, 3.63) is 35.9 Å². The second kappa shape index (κ2) is 19.5. The molecule has 2 saturated heterocycles. The fourth-order valence-corrected chi connectivity index (χ4v) is 4.06. The van der Waals surface area contributed by atoms with Crippen molar-refractivity contribution in [3.8, 4) is 0 Å². The van der Waals surface area contributed by atoms with Gasteiger partial charge in [-0.1, -0.05) is 37.3 Å². The second-order valence-corrected chi connectivity index (χ2v) is 8.58. The molecule has 9 nitrogen and oxygen atoms in total. The molecule has 1 aromatic rings. The number of likely N-dealkylation sites (N-methyl/N-ethyl adjacent to an activating group) is 1. The number of primary amides is 1. The predicted molar refractivity (Wildman–Crippen MR) is 138 cm³/mol. The highest BCUT2D eigenvalue weighted by atomic mass is 16.3. The Morgan fingerprint density at radius 1 is 1.17 bits per heavy atom. The van der Waals surface area contributed by atoms with Crippen LogP contribution in [0.2, 0.25) is 0 Å². The number of amides is 3. The average molecular weight is 493 g/mol. The predicted octanol–water partition coefficient (Wildman–Crippen LogP) is 1.51. The fourth-order valence-electron chi connectivity index (χ4n) is 4.06. The van der Waals surface area contributed by atoms with Gasteiger partial charge in [-0.2, -0.15) is 0 Å². The van der Waals surface area contributed by atoms with Crippen molar-refractivity contribution in [1.29, 1.82) is 0 Å². The Labute approximate surface area is 210 Å². The molecule has 3 atom stereocenters. The number of nitrogens with one attached hydrogen (secondary N) is 1. The zero-order chi connectivity index (χ0) is 26.6. The molecule has 0 aromatic heterocycles. The Morgan fingerprint density at radius 2 is 1.77 bits per heavy atom. The minimum absolute atomic E-state index is 0.347. The Bertz CT molecular complexity index is 711. The monoisotopic (exact) mass is 492 g/mol. The highest BCUT2D eigenvalue weighted by Gasteiger charge is 2.22. The third kappa shape index (κ3) is 13.0. The number of aliphatic hydroxyl groups is 1. The molecule has 0 spiro atoms. The number of nitrogens with zero attached hydrogens (tertiary/aromatic N) is 2. The Kier molecular flexibility index (Phi) is 18.0. The highest BCUT2D eigenvalue weighted by Crippen LogP contribution is 2.19. The number of hydrogen-bond donors (Lipinski definition) is 3. The summed E-state index contributed by atoms with van der Waals surface area (Å²) in [5.41, 5.74) is 6.21. The van der Waals surface area contributed by atoms with E-state index in [0.29, 0.717) is 11.9 Å². The van der Waals surface area contributed by atoms with E-state index in [9.17, 15) is 14.4 Å². The summed E-state index contributed by atoms with van der Waals surface area (Å²) in [5, 5.41) is 11.4. The zero-order valence-electron chi connectivity index (χ0n) is 21.5. The minimum atomic E-state index is -0.729. The van der Waals surface area contributed by atoms with Crippen LogP contribution in [0.1, 0.15) is 57.9 Å². The molecule has 2 aliphatic rings. The first kappa shape index (κ1) is 32.2. The molecule has 35 heavy (non-hydrogen) atoms. The van der Waals surface area contributed by atoms with E-state index in [4.69, 9.17) is 15.6 Å². The van der Waals surface area contributed by atoms with Gasteiger partial charge in [0.15, 0.2) is 0 Å². The van der Waals surface area contributed by atoms with E-state index in [2.05, 4.69) is 29.6 Å². The lowest BCUT2D eigenvalue weighted by Crippen LogP contribution is -2.46. The Morgan fingerprint density at radius 3 is 2.20 bits per heavy atom. The van der Waals surface area contributed by atoms with Crippen molar-refractivity contribution in [2.75, 3.05) is 26.7 Å². The smallest absolute Gasteiger partial charge is 0.237 e. The largest absolute Gasteiger partial charge is 0.391 e. The molecular formula is C26H44N4O5. The van der Waals surface area contributed by atoms with Crippen LogP contribution in [0.4, 0.5) is 0 Å². The number of nitrogens with two attached hydrogens (primary N) is 1. The topological polar surface area (TPSA) is 133 Å². The normalized spacial score (nSPS) is 18.0. The van der Waals surface area contributed by atoms with E-state index >= 15 is 0 Å². The van der Waals surface area contributed by atoms with Gasteiger partial charge in [0.05, 0.1) is 6.10 Å². The number of carbonyl (C=O) groups is 4. The lowest BCUT2D eigenvalue weighted by Gasteiger charge is -2.19. The summed E-state index contributed by atoms with van der Waals surface area (Å²) in [5.74, 6) is -0.187. The first-order valence-corrected chi connectivity index (χ1v) is 12.3. The number of hydrogen-bond acceptors (Lipinski definition) is 6. The third-order valence-corrected chi connectivity index (χ3v) is 5.89. The van der Waals surface area contributed by atoms with Crippen molar-refractivity contribution < 1.29 is 24.3 Å². The summed E-state index contributed by atoms with van der Waals surface area (Å²) in [6, 6.07) is 10.2. The van der Waals surface area contributed by atoms with Crippen molar-refractivity contribution in [2.24, 2.45) is 5.73 Å². The van der Waals surface area contributed by atoms with E-state index in [1.165, 1.54) is 25.3 Å². The van der Waals surface area contributed by atoms with Crippen LogP contribution >= 0.6 is 0 Å². The summed E-state index contributed by atoms with van der Waals surface area (Å²) in [7, 11) is 1.57. The van der Waals surface area contributed by atoms with E-state index in [0.717, 1.165) is 58.1 Å². The number of rotatable bonds is 8. The van der Waals surface area contributed by atoms with Gasteiger partial charge in [-0.3, -0.25) is 14.4 Å². The summed E-state index contributed by atoms with van der Waals surface area (Å²) in [6.45, 7) is 8.48. The zero-order valence-corrected chi connectivity index (χ0v) is 21.5. The van der Waals surface area contributed by atoms with E-state index in [1.54, 1.807) is 7.05 Å². The molecule has 2 fully saturated rings. The van der Waals surface area contributed by atoms with Crippen LogP contribution in [-0.2, 0) is 25.6 Å². The van der Waals surface area contributed by atoms with Gasteiger partial charge in [-0.15, -0.1) is 0 Å². The van der Waals surface area contributed by atoms with E-state index in [-0.39, 0.29) is 0 Å². The van der Waals surface area contributed by atoms with Gasteiger partial charge in [-0.25, -0.2) is 0 Å². The summed E-state index contributed by atoms with van der Waals surface area (Å²) in [4.78, 5) is 44.2. The number of aliphatic hydroxyl groups excluding tert-OH is 1. The molecule has 0 saturated carbocycles. The second-order valence-electron chi connectivity index (χ2n) is 8.58. The van der Waals surface area contributed by atoms with Crippen LogP contribution in [0.5, 0.6) is 0 Å². The molecule has 9 heteroatoms. The Hall–Kier alpha value is -2.78. The van der Waals surface area contributed by atoms with Gasteiger partial charge < -0.3 is 30.8 Å². The summed E-state index contributed by atoms with van der Waals surface area (Å²) < 4.78 is 0. The average Bonchev–Trinajstić information content (AvgIpc) is 3.54. The number of benzene rings is 1. The molecule has 0 radical (unpaired) electrons. The van der Waals surface area contributed by atoms with Gasteiger partial charge >= 0.3 is 0 Å².